The van der Waals surface area contributed by atoms with Crippen molar-refractivity contribution in [2.45, 2.75) is 0 Å². The number of anilines is 3. The molecule has 0 atom stereocenters. The molecule has 0 radical (unpaired) electrons. The number of nitrogens with zero attached hydrogens (tertiary/aromatic N) is 1. The molecule has 1 heterocycles. The zero-order valence-electron chi connectivity index (χ0n) is 40.3. The molecule has 2 nitrogen and oxygen atoms in total. The van der Waals surface area contributed by atoms with Gasteiger partial charge in [-0.1, -0.05) is 182 Å². The van der Waals surface area contributed by atoms with Gasteiger partial charge in [0.25, 0.3) is 0 Å². The van der Waals surface area contributed by atoms with Gasteiger partial charge in [-0.2, -0.15) is 0 Å². The van der Waals surface area contributed by atoms with Crippen LogP contribution in [0.15, 0.2) is 241 Å². The van der Waals surface area contributed by atoms with Crippen LogP contribution in [0.2, 0.25) is 0 Å². The number of rotatable bonds is 8. The Labute approximate surface area is 361 Å². The minimum absolute atomic E-state index is 0.0313. The Morgan fingerprint density at radius 2 is 0.817 bits per heavy atom. The summed E-state index contributed by atoms with van der Waals surface area (Å²) >= 11 is 0. The van der Waals surface area contributed by atoms with Gasteiger partial charge < -0.3 is 9.32 Å². The van der Waals surface area contributed by atoms with Crippen molar-refractivity contribution in [1.29, 1.82) is 0 Å². The highest BCUT2D eigenvalue weighted by Gasteiger charge is 2.16. The second-order valence-electron chi connectivity index (χ2n) is 14.7. The third-order valence-electron chi connectivity index (χ3n) is 11.0. The first-order valence-corrected chi connectivity index (χ1v) is 19.8. The lowest BCUT2D eigenvalue weighted by molar-refractivity contribution is 0.670. The largest absolute Gasteiger partial charge is 0.455 e. The van der Waals surface area contributed by atoms with E-state index in [0.717, 1.165) is 54.9 Å². The maximum Gasteiger partial charge on any atom is 0.143 e. The average molecular weight is 774 g/mol. The molecule has 0 aliphatic rings. The van der Waals surface area contributed by atoms with Gasteiger partial charge in [-0.15, -0.1) is 0 Å². The number of hydrogen-bond donors (Lipinski definition) is 0. The lowest BCUT2D eigenvalue weighted by Gasteiger charge is -2.26. The second kappa shape index (κ2) is 15.1. The van der Waals surface area contributed by atoms with Crippen LogP contribution in [0.1, 0.15) is 11.0 Å². The van der Waals surface area contributed by atoms with Gasteiger partial charge in [0.15, 0.2) is 0 Å². The molecule has 0 N–H and O–H groups in total. The van der Waals surface area contributed by atoms with E-state index in [1.165, 1.54) is 4.90 Å². The molecule has 2 heteroatoms. The zero-order valence-corrected chi connectivity index (χ0v) is 32.3. The second-order valence-corrected chi connectivity index (χ2v) is 14.7. The predicted octanol–water partition coefficient (Wildman–Crippen LogP) is 16.5. The monoisotopic (exact) mass is 773 g/mol. The van der Waals surface area contributed by atoms with Crippen LogP contribution in [-0.2, 0) is 0 Å². The van der Waals surface area contributed by atoms with Crippen LogP contribution in [0.4, 0.5) is 17.1 Å². The van der Waals surface area contributed by atoms with Crippen molar-refractivity contribution >= 4 is 49.8 Å². The van der Waals surface area contributed by atoms with Crippen molar-refractivity contribution in [1.82, 2.24) is 0 Å². The summed E-state index contributed by atoms with van der Waals surface area (Å²) in [5.41, 5.74) is 7.70. The molecule has 0 aliphatic carbocycles. The van der Waals surface area contributed by atoms with Crippen molar-refractivity contribution < 1.29 is 15.4 Å². The number of furan rings is 1. The molecule has 10 aromatic carbocycles. The Balaban J connectivity index is 1.07. The van der Waals surface area contributed by atoms with Crippen LogP contribution in [0.3, 0.4) is 0 Å². The van der Waals surface area contributed by atoms with E-state index >= 15 is 0 Å². The van der Waals surface area contributed by atoms with Crippen LogP contribution >= 0.6 is 0 Å². The molecule has 0 amide bonds. The zero-order chi connectivity index (χ0) is 46.8. The van der Waals surface area contributed by atoms with Gasteiger partial charge in [-0.3, -0.25) is 0 Å². The van der Waals surface area contributed by atoms with E-state index in [2.05, 4.69) is 42.5 Å². The summed E-state index contributed by atoms with van der Waals surface area (Å²) in [7, 11) is 0. The summed E-state index contributed by atoms with van der Waals surface area (Å²) in [5, 5.41) is 3.91. The molecule has 60 heavy (non-hydrogen) atoms. The predicted molar refractivity (Wildman–Crippen MR) is 253 cm³/mol. The summed E-state index contributed by atoms with van der Waals surface area (Å²) in [6.45, 7) is 0. The summed E-state index contributed by atoms with van der Waals surface area (Å²) in [4.78, 5) is 1.34. The van der Waals surface area contributed by atoms with E-state index in [4.69, 9.17) is 4.42 Å². The van der Waals surface area contributed by atoms with Gasteiger partial charge in [0.2, 0.25) is 0 Å². The van der Waals surface area contributed by atoms with Gasteiger partial charge >= 0.3 is 0 Å². The molecule has 0 saturated carbocycles. The Hall–Kier alpha value is -7.94. The van der Waals surface area contributed by atoms with Crippen molar-refractivity contribution in [2.24, 2.45) is 0 Å². The number of fused-ring (bicyclic) bond motifs is 4. The standard InChI is InChI=1S/C58H39NO/c1-2-10-40(11-3-1)42-20-22-43(23-21-42)44-26-32-51(33-27-44)59(53-36-30-46(31-37-53)54-17-9-18-56-55-16-6-7-19-57(55)60-58(54)56)52-34-28-45(29-35-52)48-14-8-15-49(38-48)50-25-24-41-12-4-5-13-47(41)39-50/h1-39H/i26D,27D,30D,31D,32D,33D,36D,37D. The fraction of sp³-hybridized carbons (Fsp3) is 0. The van der Waals surface area contributed by atoms with Crippen molar-refractivity contribution in [2.75, 3.05) is 4.90 Å². The molecule has 0 fully saturated rings. The Bertz CT molecular complexity index is 3720. The highest BCUT2D eigenvalue weighted by atomic mass is 16.3. The molecule has 0 saturated heterocycles. The van der Waals surface area contributed by atoms with Gasteiger partial charge in [0.1, 0.15) is 11.2 Å². The molecule has 0 aliphatic heterocycles. The number of benzene rings is 10. The number of hydrogen-bond acceptors (Lipinski definition) is 2. The van der Waals surface area contributed by atoms with Gasteiger partial charge in [0, 0.05) is 33.4 Å². The Kier molecular flexibility index (Phi) is 6.96. The molecule has 0 unspecified atom stereocenters. The van der Waals surface area contributed by atoms with E-state index in [-0.39, 0.29) is 46.7 Å². The third-order valence-corrected chi connectivity index (χ3v) is 11.0. The van der Waals surface area contributed by atoms with Gasteiger partial charge in [-0.05, 0) is 115 Å². The molecular formula is C58H39NO. The van der Waals surface area contributed by atoms with E-state index < -0.39 is 24.2 Å². The highest BCUT2D eigenvalue weighted by molar-refractivity contribution is 6.09. The topological polar surface area (TPSA) is 16.4 Å². The fourth-order valence-electron chi connectivity index (χ4n) is 7.94. The van der Waals surface area contributed by atoms with Gasteiger partial charge in [0.05, 0.1) is 11.0 Å². The Morgan fingerprint density at radius 1 is 0.317 bits per heavy atom. The molecule has 282 valence electrons. The SMILES string of the molecule is [2H]c1c([2H])c(N(c2ccc(-c3cccc(-c4ccc5ccccc5c4)c3)cc2)c2c([2H])c([2H])c(-c3cccc4c3oc3ccccc34)c([2H])c2[2H])c([2H])c([2H])c1-c1ccc(-c2ccccc2)cc1. The fourth-order valence-corrected chi connectivity index (χ4v) is 7.94. The van der Waals surface area contributed by atoms with E-state index in [9.17, 15) is 11.0 Å². The van der Waals surface area contributed by atoms with Gasteiger partial charge in [-0.25, -0.2) is 0 Å². The van der Waals surface area contributed by atoms with Crippen LogP contribution in [0.25, 0.3) is 88.3 Å². The minimum atomic E-state index is -0.432. The molecule has 11 rings (SSSR count). The van der Waals surface area contributed by atoms with E-state index in [1.807, 2.05) is 109 Å². The van der Waals surface area contributed by atoms with Crippen LogP contribution < -0.4 is 4.90 Å². The first-order chi connectivity index (χ1) is 33.1. The summed E-state index contributed by atoms with van der Waals surface area (Å²) < 4.78 is 82.5. The van der Waals surface area contributed by atoms with Crippen molar-refractivity contribution in [3.63, 3.8) is 0 Å². The summed E-state index contributed by atoms with van der Waals surface area (Å²) in [6.07, 6.45) is 0. The number of para-hydroxylation sites is 2. The normalized spacial score (nSPS) is 13.2. The van der Waals surface area contributed by atoms with E-state index in [0.29, 0.717) is 28.0 Å². The lowest BCUT2D eigenvalue weighted by atomic mass is 9.97. The van der Waals surface area contributed by atoms with Crippen molar-refractivity contribution in [3.8, 4) is 55.6 Å². The summed E-state index contributed by atoms with van der Waals surface area (Å²) in [6, 6.07) is 57.0. The van der Waals surface area contributed by atoms with E-state index in [1.54, 1.807) is 36.4 Å². The minimum Gasteiger partial charge on any atom is -0.455 e. The molecule has 1 aromatic heterocycles. The summed E-state index contributed by atoms with van der Waals surface area (Å²) in [5.74, 6) is 0. The molecule has 11 aromatic rings. The van der Waals surface area contributed by atoms with Crippen LogP contribution in [-0.4, -0.2) is 0 Å². The lowest BCUT2D eigenvalue weighted by Crippen LogP contribution is -2.09. The molecular weight excluding hydrogens is 727 g/mol. The first kappa shape index (κ1) is 27.7. The maximum atomic E-state index is 9.64. The maximum absolute atomic E-state index is 9.64. The van der Waals surface area contributed by atoms with Crippen molar-refractivity contribution in [3.05, 3.63) is 236 Å². The first-order valence-electron chi connectivity index (χ1n) is 23.8. The third kappa shape index (κ3) is 6.61. The van der Waals surface area contributed by atoms with Crippen LogP contribution in [0, 0.1) is 0 Å². The van der Waals surface area contributed by atoms with Crippen LogP contribution in [0.5, 0.6) is 0 Å². The smallest absolute Gasteiger partial charge is 0.143 e. The average Bonchev–Trinajstić information content (AvgIpc) is 3.77. The Morgan fingerprint density at radius 3 is 1.57 bits per heavy atom. The molecule has 0 spiro atoms. The highest BCUT2D eigenvalue weighted by Crippen LogP contribution is 2.40. The quantitative estimate of drug-likeness (QED) is 0.153. The molecule has 0 bridgehead atoms.